The van der Waals surface area contributed by atoms with Crippen LogP contribution in [0.25, 0.3) is 0 Å². The number of carbonyl (C=O) groups excluding carboxylic acids is 1. The summed E-state index contributed by atoms with van der Waals surface area (Å²) >= 11 is 6.17. The molecule has 4 heteroatoms. The van der Waals surface area contributed by atoms with Gasteiger partial charge < -0.3 is 4.74 Å². The molecule has 0 saturated heterocycles. The minimum Gasteiger partial charge on any atom is -0.496 e. The van der Waals surface area contributed by atoms with E-state index >= 15 is 0 Å². The van der Waals surface area contributed by atoms with Gasteiger partial charge in [-0.2, -0.15) is 4.99 Å². The number of ether oxygens (including phenoxy) is 1. The van der Waals surface area contributed by atoms with Crippen molar-refractivity contribution in [1.29, 1.82) is 0 Å². The van der Waals surface area contributed by atoms with Gasteiger partial charge in [0.25, 0.3) is 0 Å². The van der Waals surface area contributed by atoms with E-state index in [1.54, 1.807) is 19.3 Å². The van der Waals surface area contributed by atoms with Crippen molar-refractivity contribution < 1.29 is 9.53 Å². The number of benzene rings is 1. The Hall–Kier alpha value is -1.31. The highest BCUT2D eigenvalue weighted by Gasteiger charge is 2.42. The number of hydrogen-bond donors (Lipinski definition) is 0. The van der Waals surface area contributed by atoms with Gasteiger partial charge in [-0.1, -0.05) is 17.7 Å². The summed E-state index contributed by atoms with van der Waals surface area (Å²) < 4.78 is 5.28. The quantitative estimate of drug-likeness (QED) is 0.599. The molecule has 1 fully saturated rings. The standard InChI is InChI=1S/C12H12ClNO2/c1-16-10-5-2-4-9(13)11(10)12(14-8-15)6-3-7-12/h2,4-5H,3,6-7H2,1H3. The Kier molecular flexibility index (Phi) is 2.99. The van der Waals surface area contributed by atoms with Crippen LogP contribution >= 0.6 is 11.6 Å². The molecule has 0 amide bonds. The third-order valence-corrected chi connectivity index (χ3v) is 3.42. The molecule has 0 bridgehead atoms. The van der Waals surface area contributed by atoms with Gasteiger partial charge in [0.1, 0.15) is 11.3 Å². The maximum atomic E-state index is 10.5. The van der Waals surface area contributed by atoms with E-state index in [-0.39, 0.29) is 0 Å². The van der Waals surface area contributed by atoms with Crippen LogP contribution in [0.2, 0.25) is 5.02 Å². The first-order chi connectivity index (χ1) is 7.73. The fourth-order valence-electron chi connectivity index (χ4n) is 2.14. The van der Waals surface area contributed by atoms with Gasteiger partial charge >= 0.3 is 0 Å². The van der Waals surface area contributed by atoms with Crippen LogP contribution in [0.15, 0.2) is 23.2 Å². The lowest BCUT2D eigenvalue weighted by molar-refractivity contribution is 0.246. The maximum Gasteiger partial charge on any atom is 0.235 e. The van der Waals surface area contributed by atoms with E-state index in [9.17, 15) is 4.79 Å². The Morgan fingerprint density at radius 2 is 2.25 bits per heavy atom. The molecule has 0 spiro atoms. The lowest BCUT2D eigenvalue weighted by atomic mass is 9.72. The molecule has 0 atom stereocenters. The minimum absolute atomic E-state index is 0.508. The van der Waals surface area contributed by atoms with Crippen molar-refractivity contribution in [2.75, 3.05) is 7.11 Å². The molecule has 0 unspecified atom stereocenters. The van der Waals surface area contributed by atoms with Crippen molar-refractivity contribution >= 4 is 17.7 Å². The van der Waals surface area contributed by atoms with Crippen molar-refractivity contribution in [3.63, 3.8) is 0 Å². The molecule has 0 heterocycles. The van der Waals surface area contributed by atoms with Gasteiger partial charge in [0.2, 0.25) is 6.08 Å². The van der Waals surface area contributed by atoms with Crippen molar-refractivity contribution in [3.8, 4) is 5.75 Å². The van der Waals surface area contributed by atoms with Crippen LogP contribution in [-0.2, 0) is 10.3 Å². The third kappa shape index (κ3) is 1.62. The first-order valence-corrected chi connectivity index (χ1v) is 5.53. The molecule has 1 aromatic rings. The largest absolute Gasteiger partial charge is 0.496 e. The number of rotatable bonds is 3. The predicted molar refractivity (Wildman–Crippen MR) is 61.7 cm³/mol. The van der Waals surface area contributed by atoms with Crippen LogP contribution in [-0.4, -0.2) is 13.2 Å². The Morgan fingerprint density at radius 1 is 1.50 bits per heavy atom. The molecule has 1 aliphatic rings. The van der Waals surface area contributed by atoms with Crippen LogP contribution in [0, 0.1) is 0 Å². The molecule has 3 nitrogen and oxygen atoms in total. The van der Waals surface area contributed by atoms with Gasteiger partial charge in [0.15, 0.2) is 0 Å². The van der Waals surface area contributed by atoms with Crippen LogP contribution < -0.4 is 4.74 Å². The summed E-state index contributed by atoms with van der Waals surface area (Å²) in [6.45, 7) is 0. The molecule has 1 aromatic carbocycles. The second-order valence-corrected chi connectivity index (χ2v) is 4.31. The number of methoxy groups -OCH3 is 1. The highest BCUT2D eigenvalue weighted by molar-refractivity contribution is 6.31. The van der Waals surface area contributed by atoms with Crippen molar-refractivity contribution in [3.05, 3.63) is 28.8 Å². The number of halogens is 1. The third-order valence-electron chi connectivity index (χ3n) is 3.10. The smallest absolute Gasteiger partial charge is 0.235 e. The summed E-state index contributed by atoms with van der Waals surface area (Å²) in [5.41, 5.74) is 0.305. The van der Waals surface area contributed by atoms with Crippen LogP contribution in [0.4, 0.5) is 0 Å². The van der Waals surface area contributed by atoms with Crippen LogP contribution in [0.3, 0.4) is 0 Å². The van der Waals surface area contributed by atoms with E-state index in [1.165, 1.54) is 0 Å². The van der Waals surface area contributed by atoms with Crippen LogP contribution in [0.1, 0.15) is 24.8 Å². The van der Waals surface area contributed by atoms with Crippen molar-refractivity contribution in [2.24, 2.45) is 4.99 Å². The summed E-state index contributed by atoms with van der Waals surface area (Å²) in [7, 11) is 1.59. The van der Waals surface area contributed by atoms with Crippen molar-refractivity contribution in [2.45, 2.75) is 24.8 Å². The molecular formula is C12H12ClNO2. The first-order valence-electron chi connectivity index (χ1n) is 5.15. The van der Waals surface area contributed by atoms with Gasteiger partial charge in [-0.25, -0.2) is 4.79 Å². The molecule has 0 radical (unpaired) electrons. The zero-order chi connectivity index (χ0) is 11.6. The van der Waals surface area contributed by atoms with Gasteiger partial charge in [-0.3, -0.25) is 0 Å². The molecule has 84 valence electrons. The zero-order valence-electron chi connectivity index (χ0n) is 9.00. The van der Waals surface area contributed by atoms with Gasteiger partial charge in [0, 0.05) is 10.6 Å². The summed E-state index contributed by atoms with van der Waals surface area (Å²) in [5.74, 6) is 0.686. The number of hydrogen-bond acceptors (Lipinski definition) is 3. The van der Waals surface area contributed by atoms with Crippen LogP contribution in [0.5, 0.6) is 5.75 Å². The topological polar surface area (TPSA) is 38.7 Å². The molecule has 1 saturated carbocycles. The summed E-state index contributed by atoms with van der Waals surface area (Å²) in [6.07, 6.45) is 4.33. The van der Waals surface area contributed by atoms with E-state index < -0.39 is 5.54 Å². The van der Waals surface area contributed by atoms with E-state index in [0.29, 0.717) is 10.8 Å². The molecule has 0 aromatic heterocycles. The SMILES string of the molecule is COc1cccc(Cl)c1C1(N=C=O)CCC1. The average molecular weight is 238 g/mol. The molecule has 0 aliphatic heterocycles. The maximum absolute atomic E-state index is 10.5. The Labute approximate surface area is 99.1 Å². The Morgan fingerprint density at radius 3 is 2.75 bits per heavy atom. The average Bonchev–Trinajstić information content (AvgIpc) is 2.24. The Bertz CT molecular complexity index is 448. The highest BCUT2D eigenvalue weighted by Crippen LogP contribution is 2.50. The normalized spacial score (nSPS) is 17.1. The molecule has 1 aliphatic carbocycles. The van der Waals surface area contributed by atoms with E-state index in [2.05, 4.69) is 4.99 Å². The number of isocyanates is 1. The molecule has 2 rings (SSSR count). The number of aliphatic imine (C=N–C) groups is 1. The predicted octanol–water partition coefficient (Wildman–Crippen LogP) is 3.06. The molecule has 0 N–H and O–H groups in total. The Balaban J connectivity index is 2.57. The summed E-state index contributed by atoms with van der Waals surface area (Å²) in [5, 5.41) is 0.595. The zero-order valence-corrected chi connectivity index (χ0v) is 9.75. The molecule has 16 heavy (non-hydrogen) atoms. The lowest BCUT2D eigenvalue weighted by Crippen LogP contribution is -2.32. The fourth-order valence-corrected chi connectivity index (χ4v) is 2.48. The monoisotopic (exact) mass is 237 g/mol. The van der Waals surface area contributed by atoms with Gasteiger partial charge in [0.05, 0.1) is 7.11 Å². The number of nitrogens with zero attached hydrogens (tertiary/aromatic N) is 1. The van der Waals surface area contributed by atoms with E-state index in [4.69, 9.17) is 16.3 Å². The lowest BCUT2D eigenvalue weighted by Gasteiger charge is -2.38. The van der Waals surface area contributed by atoms with E-state index in [1.807, 2.05) is 12.1 Å². The van der Waals surface area contributed by atoms with E-state index in [0.717, 1.165) is 24.8 Å². The fraction of sp³-hybridized carbons (Fsp3) is 0.417. The second kappa shape index (κ2) is 4.28. The summed E-state index contributed by atoms with van der Waals surface area (Å²) in [4.78, 5) is 14.5. The van der Waals surface area contributed by atoms with Gasteiger partial charge in [-0.15, -0.1) is 0 Å². The second-order valence-electron chi connectivity index (χ2n) is 3.91. The van der Waals surface area contributed by atoms with Crippen molar-refractivity contribution in [1.82, 2.24) is 0 Å². The first kappa shape index (κ1) is 11.2. The molecular weight excluding hydrogens is 226 g/mol. The summed E-state index contributed by atoms with van der Waals surface area (Å²) in [6, 6.07) is 5.45. The highest BCUT2D eigenvalue weighted by atomic mass is 35.5. The minimum atomic E-state index is -0.508. The van der Waals surface area contributed by atoms with Gasteiger partial charge in [-0.05, 0) is 31.4 Å².